The zero-order valence-electron chi connectivity index (χ0n) is 21.3. The molecular formula is C32H34ClNO3. The van der Waals surface area contributed by atoms with Gasteiger partial charge in [-0.05, 0) is 79.3 Å². The van der Waals surface area contributed by atoms with Crippen LogP contribution in [0.25, 0.3) is 10.8 Å². The van der Waals surface area contributed by atoms with Gasteiger partial charge in [-0.3, -0.25) is 0 Å². The van der Waals surface area contributed by atoms with E-state index in [2.05, 4.69) is 66.8 Å². The number of carboxylic acids is 1. The standard InChI is InChI=1S/C32H33NO3.ClH/c1-21-16-17-24(19-29(21)32(34)35)30-20-25(36-31-15-6-5-13-28(30)31)11-8-18-33-22(2)26-14-7-10-23-9-3-4-12-27(23)26;/h3-7,9-10,12-17,19,22,25,30,33H,8,11,18,20H2,1-2H3,(H,34,35);1H/t22?,25-,30-;/m1./s1. The van der Waals surface area contributed by atoms with Crippen molar-refractivity contribution in [3.8, 4) is 5.75 Å². The highest BCUT2D eigenvalue weighted by Gasteiger charge is 2.29. The van der Waals surface area contributed by atoms with Crippen molar-refractivity contribution in [1.82, 2.24) is 5.32 Å². The number of para-hydroxylation sites is 1. The number of rotatable bonds is 8. The topological polar surface area (TPSA) is 58.6 Å². The molecule has 0 saturated heterocycles. The second kappa shape index (κ2) is 11.8. The Morgan fingerprint density at radius 1 is 1.03 bits per heavy atom. The largest absolute Gasteiger partial charge is 0.490 e. The van der Waals surface area contributed by atoms with E-state index < -0.39 is 5.97 Å². The molecule has 2 N–H and O–H groups in total. The molecule has 0 saturated carbocycles. The van der Waals surface area contributed by atoms with Crippen LogP contribution in [0.15, 0.2) is 84.9 Å². The van der Waals surface area contributed by atoms with Gasteiger partial charge in [0.05, 0.1) is 11.7 Å². The molecule has 0 aliphatic carbocycles. The highest BCUT2D eigenvalue weighted by molar-refractivity contribution is 5.89. The number of hydrogen-bond donors (Lipinski definition) is 2. The summed E-state index contributed by atoms with van der Waals surface area (Å²) in [4.78, 5) is 11.7. The van der Waals surface area contributed by atoms with Crippen LogP contribution >= 0.6 is 12.4 Å². The number of nitrogens with one attached hydrogen (secondary N) is 1. The predicted molar refractivity (Wildman–Crippen MR) is 152 cm³/mol. The van der Waals surface area contributed by atoms with Crippen LogP contribution in [0.5, 0.6) is 5.75 Å². The van der Waals surface area contributed by atoms with Crippen molar-refractivity contribution in [3.63, 3.8) is 0 Å². The van der Waals surface area contributed by atoms with Gasteiger partial charge in [-0.15, -0.1) is 12.4 Å². The quantitative estimate of drug-likeness (QED) is 0.236. The van der Waals surface area contributed by atoms with E-state index in [1.54, 1.807) is 0 Å². The molecule has 0 aromatic heterocycles. The van der Waals surface area contributed by atoms with Gasteiger partial charge in [0.15, 0.2) is 0 Å². The third-order valence-electron chi connectivity index (χ3n) is 7.42. The number of hydrogen-bond acceptors (Lipinski definition) is 3. The molecule has 1 aliphatic rings. The molecule has 5 heteroatoms. The number of carbonyl (C=O) groups is 1. The van der Waals surface area contributed by atoms with Crippen molar-refractivity contribution in [1.29, 1.82) is 0 Å². The van der Waals surface area contributed by atoms with Crippen LogP contribution in [0.4, 0.5) is 0 Å². The van der Waals surface area contributed by atoms with Crippen molar-refractivity contribution in [2.45, 2.75) is 51.2 Å². The Morgan fingerprint density at radius 2 is 1.78 bits per heavy atom. The molecule has 37 heavy (non-hydrogen) atoms. The Bertz CT molecular complexity index is 1380. The first-order valence-electron chi connectivity index (χ1n) is 12.8. The number of ether oxygens (including phenoxy) is 1. The molecule has 4 aromatic carbocycles. The Morgan fingerprint density at radius 3 is 2.62 bits per heavy atom. The molecule has 3 atom stereocenters. The van der Waals surface area contributed by atoms with Gasteiger partial charge in [-0.1, -0.05) is 72.8 Å². The zero-order chi connectivity index (χ0) is 25.1. The minimum atomic E-state index is -0.877. The molecule has 1 unspecified atom stereocenters. The highest BCUT2D eigenvalue weighted by Crippen LogP contribution is 2.41. The lowest BCUT2D eigenvalue weighted by Crippen LogP contribution is -2.28. The first kappa shape index (κ1) is 26.7. The molecule has 0 fully saturated rings. The summed E-state index contributed by atoms with van der Waals surface area (Å²) in [6, 6.07) is 29.3. The van der Waals surface area contributed by atoms with Crippen LogP contribution in [-0.2, 0) is 0 Å². The van der Waals surface area contributed by atoms with Gasteiger partial charge in [0.1, 0.15) is 5.75 Å². The molecule has 0 bridgehead atoms. The van der Waals surface area contributed by atoms with Gasteiger partial charge < -0.3 is 15.2 Å². The van der Waals surface area contributed by atoms with Gasteiger partial charge in [-0.25, -0.2) is 4.79 Å². The van der Waals surface area contributed by atoms with Crippen molar-refractivity contribution >= 4 is 29.1 Å². The summed E-state index contributed by atoms with van der Waals surface area (Å²) < 4.78 is 6.39. The Kier molecular flexibility index (Phi) is 8.52. The van der Waals surface area contributed by atoms with E-state index in [1.165, 1.54) is 16.3 Å². The number of benzene rings is 4. The van der Waals surface area contributed by atoms with E-state index in [0.717, 1.165) is 48.2 Å². The molecule has 4 aromatic rings. The maximum absolute atomic E-state index is 11.7. The van der Waals surface area contributed by atoms with Gasteiger partial charge in [0.2, 0.25) is 0 Å². The maximum atomic E-state index is 11.7. The van der Waals surface area contributed by atoms with E-state index in [9.17, 15) is 9.90 Å². The number of aryl methyl sites for hydroxylation is 1. The molecule has 5 rings (SSSR count). The van der Waals surface area contributed by atoms with Crippen LogP contribution in [0.3, 0.4) is 0 Å². The van der Waals surface area contributed by atoms with Gasteiger partial charge in [0, 0.05) is 17.5 Å². The lowest BCUT2D eigenvalue weighted by molar-refractivity contribution is 0.0696. The molecule has 1 heterocycles. The summed E-state index contributed by atoms with van der Waals surface area (Å²) >= 11 is 0. The summed E-state index contributed by atoms with van der Waals surface area (Å²) in [6.07, 6.45) is 2.88. The van der Waals surface area contributed by atoms with Gasteiger partial charge in [-0.2, -0.15) is 0 Å². The van der Waals surface area contributed by atoms with E-state index in [0.29, 0.717) is 5.56 Å². The molecule has 0 radical (unpaired) electrons. The first-order chi connectivity index (χ1) is 17.5. The van der Waals surface area contributed by atoms with Gasteiger partial charge in [0.25, 0.3) is 0 Å². The predicted octanol–water partition coefficient (Wildman–Crippen LogP) is 7.68. The summed E-state index contributed by atoms with van der Waals surface area (Å²) in [7, 11) is 0. The maximum Gasteiger partial charge on any atom is 0.335 e. The monoisotopic (exact) mass is 515 g/mol. The highest BCUT2D eigenvalue weighted by atomic mass is 35.5. The van der Waals surface area contributed by atoms with E-state index in [-0.39, 0.29) is 30.5 Å². The van der Waals surface area contributed by atoms with Crippen LogP contribution < -0.4 is 10.1 Å². The molecular weight excluding hydrogens is 482 g/mol. The fourth-order valence-electron chi connectivity index (χ4n) is 5.46. The van der Waals surface area contributed by atoms with E-state index in [4.69, 9.17) is 4.74 Å². The number of halogens is 1. The Balaban J connectivity index is 0.00000320. The Hall–Kier alpha value is -3.34. The normalized spacial score (nSPS) is 17.4. The summed E-state index contributed by atoms with van der Waals surface area (Å²) in [5, 5.41) is 15.9. The molecule has 0 amide bonds. The molecule has 1 aliphatic heterocycles. The SMILES string of the molecule is Cc1ccc([C@H]2C[C@@H](CCCNC(C)c3cccc4ccccc34)Oc3ccccc32)cc1C(=O)O.Cl. The zero-order valence-corrected chi connectivity index (χ0v) is 22.1. The lowest BCUT2D eigenvalue weighted by Gasteiger charge is -2.33. The minimum absolute atomic E-state index is 0. The smallest absolute Gasteiger partial charge is 0.335 e. The van der Waals surface area contributed by atoms with Crippen molar-refractivity contribution in [3.05, 3.63) is 113 Å². The third-order valence-corrected chi connectivity index (χ3v) is 7.42. The second-order valence-corrected chi connectivity index (χ2v) is 9.83. The summed E-state index contributed by atoms with van der Waals surface area (Å²) in [5.74, 6) is 0.159. The van der Waals surface area contributed by atoms with Crippen molar-refractivity contribution in [2.24, 2.45) is 0 Å². The van der Waals surface area contributed by atoms with Crippen LogP contribution in [0.1, 0.15) is 70.8 Å². The minimum Gasteiger partial charge on any atom is -0.490 e. The number of aromatic carboxylic acids is 1. The van der Waals surface area contributed by atoms with Crippen LogP contribution in [0.2, 0.25) is 0 Å². The molecule has 0 spiro atoms. The third kappa shape index (κ3) is 5.82. The van der Waals surface area contributed by atoms with Crippen LogP contribution in [-0.4, -0.2) is 23.7 Å². The fraction of sp³-hybridized carbons (Fsp3) is 0.281. The summed E-state index contributed by atoms with van der Waals surface area (Å²) in [6.45, 7) is 4.98. The van der Waals surface area contributed by atoms with Crippen LogP contribution in [0, 0.1) is 6.92 Å². The molecule has 192 valence electrons. The Labute approximate surface area is 225 Å². The average Bonchev–Trinajstić information content (AvgIpc) is 2.90. The number of fused-ring (bicyclic) bond motifs is 2. The van der Waals surface area contributed by atoms with E-state index >= 15 is 0 Å². The van der Waals surface area contributed by atoms with Gasteiger partial charge >= 0.3 is 5.97 Å². The van der Waals surface area contributed by atoms with Crippen molar-refractivity contribution < 1.29 is 14.6 Å². The summed E-state index contributed by atoms with van der Waals surface area (Å²) in [5.41, 5.74) is 4.66. The first-order valence-corrected chi connectivity index (χ1v) is 12.8. The van der Waals surface area contributed by atoms with Crippen molar-refractivity contribution in [2.75, 3.05) is 6.54 Å². The lowest BCUT2D eigenvalue weighted by atomic mass is 9.82. The second-order valence-electron chi connectivity index (χ2n) is 9.83. The average molecular weight is 516 g/mol. The molecule has 4 nitrogen and oxygen atoms in total. The number of carboxylic acid groups (broad SMARTS) is 1. The van der Waals surface area contributed by atoms with E-state index in [1.807, 2.05) is 37.3 Å². The fourth-order valence-corrected chi connectivity index (χ4v) is 5.46.